The Morgan fingerprint density at radius 3 is 2.64 bits per heavy atom. The van der Waals surface area contributed by atoms with Gasteiger partial charge in [-0.3, -0.25) is 19.4 Å². The van der Waals surface area contributed by atoms with Crippen molar-refractivity contribution in [1.82, 2.24) is 10.0 Å². The Bertz CT molecular complexity index is 1300. The topological polar surface area (TPSA) is 136 Å². The molecule has 1 aliphatic heterocycles. The van der Waals surface area contributed by atoms with E-state index < -0.39 is 0 Å². The quantitative estimate of drug-likeness (QED) is 0.326. The average Bonchev–Trinajstić information content (AvgIpc) is 3.05. The highest BCUT2D eigenvalue weighted by molar-refractivity contribution is 6.07. The number of hydroxylamine groups is 2. The van der Waals surface area contributed by atoms with E-state index in [2.05, 4.69) is 15.3 Å². The van der Waals surface area contributed by atoms with E-state index in [0.29, 0.717) is 40.3 Å². The number of hydrogen-bond acceptors (Lipinski definition) is 7. The second kappa shape index (κ2) is 11.3. The van der Waals surface area contributed by atoms with E-state index in [1.807, 2.05) is 19.1 Å². The molecule has 2 amide bonds. The lowest BCUT2D eigenvalue weighted by Gasteiger charge is -2.22. The van der Waals surface area contributed by atoms with Crippen LogP contribution >= 0.6 is 0 Å². The Balaban J connectivity index is 1.53. The van der Waals surface area contributed by atoms with Gasteiger partial charge in [0.1, 0.15) is 12.4 Å². The molecule has 0 fully saturated rings. The number of aromatic nitrogens is 1. The monoisotopic (exact) mass is 484 g/mol. The van der Waals surface area contributed by atoms with Crippen molar-refractivity contribution in [2.24, 2.45) is 10.7 Å². The smallest absolute Gasteiger partial charge is 0.273 e. The third kappa shape index (κ3) is 6.13. The van der Waals surface area contributed by atoms with Crippen LogP contribution in [0.25, 0.3) is 6.08 Å². The maximum absolute atomic E-state index is 13.4. The van der Waals surface area contributed by atoms with E-state index in [9.17, 15) is 9.59 Å². The van der Waals surface area contributed by atoms with Crippen molar-refractivity contribution in [3.05, 3.63) is 89.3 Å². The van der Waals surface area contributed by atoms with Crippen LogP contribution in [-0.2, 0) is 16.2 Å². The minimum atomic E-state index is -0.297. The fraction of sp³-hybridized carbons (Fsp3) is 0.185. The fourth-order valence-corrected chi connectivity index (χ4v) is 3.66. The van der Waals surface area contributed by atoms with Gasteiger partial charge >= 0.3 is 0 Å². The minimum Gasteiger partial charge on any atom is -0.399 e. The first-order valence-corrected chi connectivity index (χ1v) is 11.6. The first kappa shape index (κ1) is 24.6. The van der Waals surface area contributed by atoms with Gasteiger partial charge in [0.2, 0.25) is 0 Å². The van der Waals surface area contributed by atoms with Crippen LogP contribution in [0.15, 0.2) is 77.6 Å². The number of amidine groups is 1. The Morgan fingerprint density at radius 2 is 1.92 bits per heavy atom. The summed E-state index contributed by atoms with van der Waals surface area (Å²) in [6, 6.07) is 15.9. The second-order valence-electron chi connectivity index (χ2n) is 8.34. The predicted molar refractivity (Wildman–Crippen MR) is 140 cm³/mol. The molecule has 0 atom stereocenters. The molecule has 1 aromatic heterocycles. The summed E-state index contributed by atoms with van der Waals surface area (Å²) < 4.78 is 0. The Labute approximate surface area is 209 Å². The van der Waals surface area contributed by atoms with Crippen molar-refractivity contribution < 1.29 is 14.4 Å². The number of nitrogen functional groups attached to an aromatic ring is 1. The molecule has 9 nitrogen and oxygen atoms in total. The van der Waals surface area contributed by atoms with Crippen LogP contribution in [0, 0.1) is 0 Å². The number of fused-ring (bicyclic) bond motifs is 1. The fourth-order valence-electron chi connectivity index (χ4n) is 3.66. The summed E-state index contributed by atoms with van der Waals surface area (Å²) in [5.41, 5.74) is 16.1. The van der Waals surface area contributed by atoms with E-state index in [4.69, 9.17) is 16.3 Å². The predicted octanol–water partition coefficient (Wildman–Crippen LogP) is 4.06. The van der Waals surface area contributed by atoms with E-state index in [1.165, 1.54) is 5.06 Å². The molecule has 0 saturated heterocycles. The molecule has 0 bridgehead atoms. The molecule has 0 spiro atoms. The molecular formula is C27H28N6O3. The van der Waals surface area contributed by atoms with E-state index in [1.54, 1.807) is 60.9 Å². The molecule has 5 N–H and O–H groups in total. The minimum absolute atomic E-state index is 0.163. The van der Waals surface area contributed by atoms with Crippen molar-refractivity contribution in [1.29, 1.82) is 0 Å². The number of hydrogen-bond donors (Lipinski definition) is 3. The van der Waals surface area contributed by atoms with Crippen molar-refractivity contribution in [3.63, 3.8) is 0 Å². The zero-order valence-electron chi connectivity index (χ0n) is 20.0. The third-order valence-electron chi connectivity index (χ3n) is 5.47. The van der Waals surface area contributed by atoms with Crippen LogP contribution in [0.1, 0.15) is 41.3 Å². The number of nitrogens with zero attached hydrogens (tertiary/aromatic N) is 3. The molecule has 9 heteroatoms. The van der Waals surface area contributed by atoms with Crippen LogP contribution in [0.3, 0.4) is 0 Å². The Morgan fingerprint density at radius 1 is 1.11 bits per heavy atom. The number of carbonyl (C=O) groups is 2. The van der Waals surface area contributed by atoms with Crippen LogP contribution < -0.4 is 16.8 Å². The number of benzene rings is 2. The van der Waals surface area contributed by atoms with Gasteiger partial charge in [0.25, 0.3) is 11.8 Å². The standard InChI is InChI=1S/C27H28N6O3/c1-2-12-33(36-17-18-5-9-22(28)10-6-18)27(35)21-13-19-7-8-20(14-24(19)32-25(29)15-21)26(34)31-23-4-3-11-30-16-23/h3-11,13-14,16H,2,12,15,17,28H2,1H3,(H2,29,32)(H,31,34). The summed E-state index contributed by atoms with van der Waals surface area (Å²) in [5, 5.41) is 4.15. The highest BCUT2D eigenvalue weighted by Crippen LogP contribution is 2.29. The molecule has 2 aromatic carbocycles. The first-order chi connectivity index (χ1) is 17.4. The van der Waals surface area contributed by atoms with Crippen molar-refractivity contribution >= 4 is 40.8 Å². The lowest BCUT2D eigenvalue weighted by Crippen LogP contribution is -2.34. The van der Waals surface area contributed by atoms with Gasteiger partial charge in [0.15, 0.2) is 0 Å². The zero-order chi connectivity index (χ0) is 25.5. The van der Waals surface area contributed by atoms with Gasteiger partial charge < -0.3 is 16.8 Å². The molecule has 1 aliphatic rings. The van der Waals surface area contributed by atoms with Crippen LogP contribution in [0.5, 0.6) is 0 Å². The summed E-state index contributed by atoms with van der Waals surface area (Å²) in [5.74, 6) is -0.306. The molecule has 2 heterocycles. The van der Waals surface area contributed by atoms with Gasteiger partial charge in [-0.25, -0.2) is 10.1 Å². The summed E-state index contributed by atoms with van der Waals surface area (Å²) in [7, 11) is 0. The normalized spacial score (nSPS) is 12.6. The number of nitrogens with one attached hydrogen (secondary N) is 1. The SMILES string of the molecule is CCCN(OCc1ccc(N)cc1)C(=O)C1=Cc2ccc(C(=O)Nc3cccnc3)cc2N=C(N)C1. The van der Waals surface area contributed by atoms with Crippen LogP contribution in [-0.4, -0.2) is 34.2 Å². The summed E-state index contributed by atoms with van der Waals surface area (Å²) >= 11 is 0. The highest BCUT2D eigenvalue weighted by atomic mass is 16.7. The maximum Gasteiger partial charge on any atom is 0.273 e. The van der Waals surface area contributed by atoms with Gasteiger partial charge in [-0.05, 0) is 54.5 Å². The van der Waals surface area contributed by atoms with E-state index in [-0.39, 0.29) is 30.7 Å². The average molecular weight is 485 g/mol. The summed E-state index contributed by atoms with van der Waals surface area (Å²) in [6.45, 7) is 2.62. The Hall–Kier alpha value is -4.50. The Kier molecular flexibility index (Phi) is 7.72. The van der Waals surface area contributed by atoms with Gasteiger partial charge in [-0.1, -0.05) is 25.1 Å². The lowest BCUT2D eigenvalue weighted by molar-refractivity contribution is -0.187. The van der Waals surface area contributed by atoms with Crippen LogP contribution in [0.2, 0.25) is 0 Å². The molecule has 0 aliphatic carbocycles. The number of nitrogens with two attached hydrogens (primary N) is 2. The van der Waals surface area contributed by atoms with Gasteiger partial charge in [0, 0.05) is 41.5 Å². The molecule has 184 valence electrons. The molecule has 0 radical (unpaired) electrons. The summed E-state index contributed by atoms with van der Waals surface area (Å²) in [4.78, 5) is 40.4. The third-order valence-corrected chi connectivity index (χ3v) is 5.47. The number of pyridine rings is 1. The number of anilines is 2. The summed E-state index contributed by atoms with van der Waals surface area (Å²) in [6.07, 6.45) is 5.83. The van der Waals surface area contributed by atoms with Gasteiger partial charge in [-0.2, -0.15) is 0 Å². The number of rotatable bonds is 8. The van der Waals surface area contributed by atoms with Crippen molar-refractivity contribution in [3.8, 4) is 0 Å². The van der Waals surface area contributed by atoms with Gasteiger partial charge in [0.05, 0.1) is 17.6 Å². The number of carbonyl (C=O) groups excluding carboxylic acids is 2. The largest absolute Gasteiger partial charge is 0.399 e. The molecule has 0 unspecified atom stereocenters. The molecule has 0 saturated carbocycles. The highest BCUT2D eigenvalue weighted by Gasteiger charge is 2.23. The first-order valence-electron chi connectivity index (χ1n) is 11.6. The van der Waals surface area contributed by atoms with Crippen molar-refractivity contribution in [2.75, 3.05) is 17.6 Å². The maximum atomic E-state index is 13.4. The molecule has 36 heavy (non-hydrogen) atoms. The molecule has 4 rings (SSSR count). The lowest BCUT2D eigenvalue weighted by atomic mass is 10.0. The van der Waals surface area contributed by atoms with Gasteiger partial charge in [-0.15, -0.1) is 0 Å². The van der Waals surface area contributed by atoms with Crippen molar-refractivity contribution in [2.45, 2.75) is 26.4 Å². The second-order valence-corrected chi connectivity index (χ2v) is 8.34. The van der Waals surface area contributed by atoms with E-state index >= 15 is 0 Å². The molecule has 3 aromatic rings. The molecular weight excluding hydrogens is 456 g/mol. The number of aliphatic imine (C=N–C) groups is 1. The zero-order valence-corrected chi connectivity index (χ0v) is 20.0. The van der Waals surface area contributed by atoms with Crippen LogP contribution in [0.4, 0.5) is 17.1 Å². The van der Waals surface area contributed by atoms with E-state index in [0.717, 1.165) is 12.0 Å². The number of amides is 2.